The van der Waals surface area contributed by atoms with E-state index < -0.39 is 17.8 Å². The lowest BCUT2D eigenvalue weighted by molar-refractivity contribution is -0.138. The maximum atomic E-state index is 13.7. The molecule has 9 nitrogen and oxygen atoms in total. The number of methoxy groups -OCH3 is 1. The number of likely N-dealkylation sites (tertiary alicyclic amines) is 2. The van der Waals surface area contributed by atoms with Crippen LogP contribution < -0.4 is 21.1 Å². The Balaban J connectivity index is 0.965. The molecule has 2 aromatic carbocycles. The Hall–Kier alpha value is -3.64. The molecule has 7 rings (SSSR count). The number of ether oxygens (including phenoxy) is 1. The monoisotopic (exact) mass is 735 g/mol. The van der Waals surface area contributed by atoms with Gasteiger partial charge >= 0.3 is 6.18 Å². The van der Waals surface area contributed by atoms with Gasteiger partial charge in [0.1, 0.15) is 17.4 Å². The molecule has 1 spiro atoms. The molecular formula is C41H56F3N7O2. The van der Waals surface area contributed by atoms with Crippen LogP contribution in [0.25, 0.3) is 10.9 Å². The SMILES string of the molecule is COc1cc2nc(C)nc(NC(C)c3cc(N)cc(C(F)(F)F)c3)c2cc1C1CCN(C(=O)C2CCN(CC3CCC4(CCNCC4)CC3)CC2)CC1. The number of anilines is 2. The number of hydrogen-bond acceptors (Lipinski definition) is 8. The van der Waals surface area contributed by atoms with Gasteiger partial charge < -0.3 is 30.9 Å². The third-order valence-electron chi connectivity index (χ3n) is 12.8. The molecule has 1 saturated carbocycles. The Morgan fingerprint density at radius 2 is 1.68 bits per heavy atom. The molecular weight excluding hydrogens is 679 g/mol. The van der Waals surface area contributed by atoms with Crippen LogP contribution in [0, 0.1) is 24.2 Å². The maximum Gasteiger partial charge on any atom is 0.416 e. The van der Waals surface area contributed by atoms with Crippen LogP contribution in [0.5, 0.6) is 5.75 Å². The Morgan fingerprint density at radius 3 is 2.34 bits per heavy atom. The molecule has 1 amide bonds. The van der Waals surface area contributed by atoms with E-state index in [-0.39, 0.29) is 17.5 Å². The standard InChI is InChI=1S/C41H56F3N7O2/c1-26(31-20-32(41(42,43)44)22-33(45)21-31)47-38-35-23-34(37(53-3)24-36(35)48-27(2)49-38)29-8-18-51(19-9-29)39(52)30-6-16-50(17-7-30)25-28-4-10-40(11-5-28)12-14-46-15-13-40/h20-24,26,28-30,46H,4-19,25,45H2,1-3H3,(H,47,48,49). The number of carbonyl (C=O) groups excluding carboxylic acids is 1. The number of hydrogen-bond donors (Lipinski definition) is 3. The predicted octanol–water partition coefficient (Wildman–Crippen LogP) is 7.70. The summed E-state index contributed by atoms with van der Waals surface area (Å²) >= 11 is 0. The number of nitrogens with one attached hydrogen (secondary N) is 2. The van der Waals surface area contributed by atoms with E-state index in [2.05, 4.69) is 36.5 Å². The van der Waals surface area contributed by atoms with Crippen LogP contribution in [-0.4, -0.2) is 78.6 Å². The maximum absolute atomic E-state index is 13.7. The number of benzene rings is 2. The summed E-state index contributed by atoms with van der Waals surface area (Å²) < 4.78 is 46.5. The number of halogens is 3. The molecule has 4 fully saturated rings. The van der Waals surface area contributed by atoms with Crippen LogP contribution in [0.4, 0.5) is 24.7 Å². The molecule has 0 radical (unpaired) electrons. The van der Waals surface area contributed by atoms with Gasteiger partial charge in [0.2, 0.25) is 5.91 Å². The van der Waals surface area contributed by atoms with Gasteiger partial charge in [-0.2, -0.15) is 13.2 Å². The van der Waals surface area contributed by atoms with Gasteiger partial charge in [0.15, 0.2) is 0 Å². The fourth-order valence-electron chi connectivity index (χ4n) is 9.60. The number of fused-ring (bicyclic) bond motifs is 1. The van der Waals surface area contributed by atoms with Crippen LogP contribution in [0.2, 0.25) is 0 Å². The van der Waals surface area contributed by atoms with E-state index in [1.54, 1.807) is 27.0 Å². The molecule has 4 heterocycles. The minimum Gasteiger partial charge on any atom is -0.496 e. The largest absolute Gasteiger partial charge is 0.496 e. The van der Waals surface area contributed by atoms with Crippen molar-refractivity contribution in [2.45, 2.75) is 96.2 Å². The lowest BCUT2D eigenvalue weighted by atomic mass is 9.65. The Bertz CT molecular complexity index is 1750. The number of nitrogens with two attached hydrogens (primary N) is 1. The molecule has 0 bridgehead atoms. The molecule has 1 unspecified atom stereocenters. The van der Waals surface area contributed by atoms with Gasteiger partial charge in [-0.25, -0.2) is 9.97 Å². The molecule has 4 N–H and O–H groups in total. The van der Waals surface area contributed by atoms with Crippen molar-refractivity contribution in [1.82, 2.24) is 25.1 Å². The lowest BCUT2D eigenvalue weighted by Crippen LogP contribution is -2.46. The van der Waals surface area contributed by atoms with Gasteiger partial charge in [-0.1, -0.05) is 0 Å². The number of amides is 1. The second-order valence-electron chi connectivity index (χ2n) is 16.4. The molecule has 4 aliphatic rings. The van der Waals surface area contributed by atoms with Gasteiger partial charge in [-0.3, -0.25) is 4.79 Å². The second-order valence-corrected chi connectivity index (χ2v) is 16.4. The second kappa shape index (κ2) is 15.6. The highest BCUT2D eigenvalue weighted by molar-refractivity contribution is 5.91. The topological polar surface area (TPSA) is 109 Å². The van der Waals surface area contributed by atoms with E-state index >= 15 is 0 Å². The lowest BCUT2D eigenvalue weighted by Gasteiger charge is -2.44. The summed E-state index contributed by atoms with van der Waals surface area (Å²) in [5.41, 5.74) is 7.86. The zero-order chi connectivity index (χ0) is 37.3. The zero-order valence-corrected chi connectivity index (χ0v) is 31.5. The summed E-state index contributed by atoms with van der Waals surface area (Å²) in [5.74, 6) is 3.19. The average Bonchev–Trinajstić information content (AvgIpc) is 3.15. The Morgan fingerprint density at radius 1 is 0.981 bits per heavy atom. The molecule has 3 aliphatic heterocycles. The van der Waals surface area contributed by atoms with Crippen molar-refractivity contribution in [2.75, 3.05) is 64.0 Å². The van der Waals surface area contributed by atoms with E-state index in [1.807, 2.05) is 6.07 Å². The van der Waals surface area contributed by atoms with Crippen molar-refractivity contribution in [3.8, 4) is 5.75 Å². The third kappa shape index (κ3) is 8.53. The van der Waals surface area contributed by atoms with Crippen LogP contribution in [-0.2, 0) is 11.0 Å². The number of piperidine rings is 3. The van der Waals surface area contributed by atoms with Gasteiger partial charge in [0.05, 0.1) is 24.2 Å². The van der Waals surface area contributed by atoms with Crippen LogP contribution >= 0.6 is 0 Å². The number of nitrogens with zero attached hydrogens (tertiary/aromatic N) is 4. The van der Waals surface area contributed by atoms with Gasteiger partial charge in [-0.15, -0.1) is 0 Å². The smallest absolute Gasteiger partial charge is 0.416 e. The summed E-state index contributed by atoms with van der Waals surface area (Å²) in [5, 5.41) is 7.64. The minimum absolute atomic E-state index is 0.0505. The number of carbonyl (C=O) groups is 1. The van der Waals surface area contributed by atoms with Gasteiger partial charge in [-0.05, 0) is 157 Å². The molecule has 3 saturated heterocycles. The summed E-state index contributed by atoms with van der Waals surface area (Å²) in [4.78, 5) is 27.8. The third-order valence-corrected chi connectivity index (χ3v) is 12.8. The van der Waals surface area contributed by atoms with Crippen molar-refractivity contribution in [3.05, 3.63) is 52.8 Å². The first kappa shape index (κ1) is 37.7. The van der Waals surface area contributed by atoms with E-state index in [9.17, 15) is 18.0 Å². The fraction of sp³-hybridized carbons (Fsp3) is 0.634. The fourth-order valence-corrected chi connectivity index (χ4v) is 9.60. The number of aryl methyl sites for hydroxylation is 1. The van der Waals surface area contributed by atoms with Crippen LogP contribution in [0.15, 0.2) is 30.3 Å². The quantitative estimate of drug-likeness (QED) is 0.202. The number of nitrogen functional groups attached to an aromatic ring is 1. The number of alkyl halides is 3. The van der Waals surface area contributed by atoms with Crippen molar-refractivity contribution in [1.29, 1.82) is 0 Å². The van der Waals surface area contributed by atoms with Crippen LogP contribution in [0.3, 0.4) is 0 Å². The Labute approximate surface area is 311 Å². The predicted molar refractivity (Wildman–Crippen MR) is 203 cm³/mol. The molecule has 53 heavy (non-hydrogen) atoms. The number of rotatable bonds is 8. The first-order chi connectivity index (χ1) is 25.4. The molecule has 3 aromatic rings. The van der Waals surface area contributed by atoms with Crippen LogP contribution in [0.1, 0.15) is 106 Å². The summed E-state index contributed by atoms with van der Waals surface area (Å²) in [6.07, 6.45) is 7.21. The summed E-state index contributed by atoms with van der Waals surface area (Å²) in [6, 6.07) is 7.08. The highest BCUT2D eigenvalue weighted by Gasteiger charge is 2.38. The normalized spacial score (nSPS) is 21.6. The molecule has 12 heteroatoms. The summed E-state index contributed by atoms with van der Waals surface area (Å²) in [7, 11) is 1.65. The van der Waals surface area contributed by atoms with Crippen molar-refractivity contribution in [2.24, 2.45) is 17.3 Å². The first-order valence-corrected chi connectivity index (χ1v) is 19.7. The van der Waals surface area contributed by atoms with Crippen molar-refractivity contribution >= 4 is 28.3 Å². The van der Waals surface area contributed by atoms with E-state index in [4.69, 9.17) is 10.5 Å². The van der Waals surface area contributed by atoms with E-state index in [0.717, 1.165) is 73.5 Å². The van der Waals surface area contributed by atoms with E-state index in [1.165, 1.54) is 58.2 Å². The molecule has 1 atom stereocenters. The van der Waals surface area contributed by atoms with Crippen molar-refractivity contribution < 1.29 is 22.7 Å². The molecule has 1 aromatic heterocycles. The number of aromatic nitrogens is 2. The molecule has 288 valence electrons. The van der Waals surface area contributed by atoms with Gasteiger partial charge in [0.25, 0.3) is 0 Å². The minimum atomic E-state index is -4.50. The van der Waals surface area contributed by atoms with Crippen molar-refractivity contribution in [3.63, 3.8) is 0 Å². The highest BCUT2D eigenvalue weighted by atomic mass is 19.4. The van der Waals surface area contributed by atoms with Gasteiger partial charge in [0, 0.05) is 42.7 Å². The zero-order valence-electron chi connectivity index (χ0n) is 31.5. The molecule has 1 aliphatic carbocycles. The average molecular weight is 736 g/mol. The Kier molecular flexibility index (Phi) is 11.1. The first-order valence-electron chi connectivity index (χ1n) is 19.7. The van der Waals surface area contributed by atoms with E-state index in [0.29, 0.717) is 47.1 Å². The summed E-state index contributed by atoms with van der Waals surface area (Å²) in [6.45, 7) is 10.6. The highest BCUT2D eigenvalue weighted by Crippen LogP contribution is 2.45.